The van der Waals surface area contributed by atoms with Gasteiger partial charge in [0.05, 0.1) is 12.1 Å². The molecule has 15 atom stereocenters. The first-order valence-electron chi connectivity index (χ1n) is 23.2. The van der Waals surface area contributed by atoms with Gasteiger partial charge in [0.1, 0.15) is 66.9 Å². The van der Waals surface area contributed by atoms with Gasteiger partial charge in [-0.3, -0.25) is 38.5 Å². The van der Waals surface area contributed by atoms with Crippen LogP contribution in [0.25, 0.3) is 0 Å². The van der Waals surface area contributed by atoms with Crippen molar-refractivity contribution in [3.63, 3.8) is 0 Å². The third-order valence-electron chi connectivity index (χ3n) is 12.0. The van der Waals surface area contributed by atoms with E-state index in [2.05, 4.69) is 42.2 Å². The number of urea groups is 1. The van der Waals surface area contributed by atoms with Crippen LogP contribution in [0.3, 0.4) is 0 Å². The van der Waals surface area contributed by atoms with Crippen LogP contribution in [-0.4, -0.2) is 200 Å². The fourth-order valence-corrected chi connectivity index (χ4v) is 8.18. The Morgan fingerprint density at radius 1 is 0.903 bits per heavy atom. The zero-order valence-corrected chi connectivity index (χ0v) is 40.8. The number of carboxylic acids is 2. The van der Waals surface area contributed by atoms with Crippen molar-refractivity contribution in [1.29, 1.82) is 0 Å². The van der Waals surface area contributed by atoms with E-state index >= 15 is 0 Å². The molecule has 1 aromatic rings. The number of carbonyl (C=O) groups excluding carboxylic acids is 4. The standard InChI is InChI=1S/C43H69N11O18/c1-17(2)24(38(63)64)52-42(67)53-25(21-9-13-47-41(44)49-21)36(62)51-26(28(57)18(3)4)35(61)46-12-8-11-45-27(39(65)66)32(33-30(59)31(60)37(71-33)54-14-10-23(56)50-43(54)68)72-40-34(69-7)29(58)22(70-40)16-48-19(5)15-20(6)55/h10,14-15,17-18,21-22,24-34,37,40,45,48,57-60H,8-9,11-13,16H2,1-7H3,(H,46,61)(H,51,62)(H,63,64)(H,65,66)(H3,44,47,49)(H,50,56,68)(H2,52,53,67)/b19-15+/t21-,22+,24-,25-,26-,27-,28-,29+,30-,31+,32?,33-,34+,37+,40-/m0/s1. The molecule has 4 amide bonds. The average molecular weight is 1030 g/mol. The number of carbonyl (C=O) groups is 6. The van der Waals surface area contributed by atoms with Crippen LogP contribution < -0.4 is 54.2 Å². The number of ketones is 1. The van der Waals surface area contributed by atoms with Gasteiger partial charge in [0, 0.05) is 44.7 Å². The van der Waals surface area contributed by atoms with Gasteiger partial charge in [0.2, 0.25) is 11.8 Å². The summed E-state index contributed by atoms with van der Waals surface area (Å²) in [7, 11) is 1.22. The maximum absolute atomic E-state index is 14.0. The van der Waals surface area contributed by atoms with Crippen molar-refractivity contribution in [2.24, 2.45) is 22.6 Å². The first kappa shape index (κ1) is 58.5. The van der Waals surface area contributed by atoms with Crippen molar-refractivity contribution in [3.8, 4) is 0 Å². The lowest BCUT2D eigenvalue weighted by Gasteiger charge is -2.34. The molecule has 1 unspecified atom stereocenters. The Hall–Kier alpha value is -6.05. The number of aliphatic hydroxyl groups excluding tert-OH is 4. The Balaban J connectivity index is 1.53. The Bertz CT molecular complexity index is 2240. The number of carboxylic acid groups (broad SMARTS) is 2. The molecule has 29 nitrogen and oxygen atoms in total. The molecule has 0 aliphatic carbocycles. The lowest BCUT2D eigenvalue weighted by Crippen LogP contribution is -2.66. The summed E-state index contributed by atoms with van der Waals surface area (Å²) in [6.07, 6.45) is -13.5. The topological polar surface area (TPSA) is 438 Å². The zero-order valence-electron chi connectivity index (χ0n) is 40.8. The molecule has 29 heteroatoms. The maximum Gasteiger partial charge on any atom is 0.330 e. The lowest BCUT2D eigenvalue weighted by atomic mass is 9.97. The minimum atomic E-state index is -1.95. The van der Waals surface area contributed by atoms with E-state index in [0.717, 1.165) is 16.8 Å². The van der Waals surface area contributed by atoms with E-state index in [1.165, 1.54) is 20.1 Å². The molecule has 3 aliphatic heterocycles. The summed E-state index contributed by atoms with van der Waals surface area (Å²) in [6.45, 7) is 8.89. The molecule has 0 radical (unpaired) electrons. The van der Waals surface area contributed by atoms with Crippen LogP contribution >= 0.6 is 0 Å². The van der Waals surface area contributed by atoms with E-state index < -0.39 is 144 Å². The molecule has 1 aromatic heterocycles. The number of hydrogen-bond donors (Lipinski definition) is 15. The Morgan fingerprint density at radius 3 is 2.17 bits per heavy atom. The van der Waals surface area contributed by atoms with Gasteiger partial charge in [-0.1, -0.05) is 27.7 Å². The monoisotopic (exact) mass is 1030 g/mol. The molecule has 72 heavy (non-hydrogen) atoms. The number of aliphatic carboxylic acids is 2. The van der Waals surface area contributed by atoms with Gasteiger partial charge >= 0.3 is 23.7 Å². The summed E-state index contributed by atoms with van der Waals surface area (Å²) < 4.78 is 24.3. The van der Waals surface area contributed by atoms with Gasteiger partial charge in [0.25, 0.3) is 5.56 Å². The van der Waals surface area contributed by atoms with Crippen LogP contribution in [0.1, 0.15) is 60.6 Å². The highest BCUT2D eigenvalue weighted by Gasteiger charge is 2.54. The molecule has 2 fully saturated rings. The van der Waals surface area contributed by atoms with Crippen molar-refractivity contribution >= 4 is 41.5 Å². The van der Waals surface area contributed by atoms with Crippen molar-refractivity contribution in [2.45, 2.75) is 146 Å². The Labute approximate surface area is 412 Å². The molecule has 0 spiro atoms. The number of nitrogens with zero attached hydrogens (tertiary/aromatic N) is 2. The quantitative estimate of drug-likeness (QED) is 0.0304. The number of amides is 4. The molecule has 0 bridgehead atoms. The highest BCUT2D eigenvalue weighted by atomic mass is 16.7. The fraction of sp³-hybridized carbons (Fsp3) is 0.698. The summed E-state index contributed by atoms with van der Waals surface area (Å²) in [5.74, 6) is -6.18. The number of rotatable bonds is 26. The number of nitrogens with two attached hydrogens (primary N) is 1. The number of aromatic nitrogens is 2. The number of methoxy groups -OCH3 is 1. The molecule has 4 rings (SSSR count). The van der Waals surface area contributed by atoms with Crippen molar-refractivity contribution in [2.75, 3.05) is 33.3 Å². The average Bonchev–Trinajstić information content (AvgIpc) is 3.77. The summed E-state index contributed by atoms with van der Waals surface area (Å²) in [4.78, 5) is 108. The third-order valence-corrected chi connectivity index (χ3v) is 12.0. The van der Waals surface area contributed by atoms with E-state index in [0.29, 0.717) is 5.70 Å². The van der Waals surface area contributed by atoms with E-state index in [1.807, 2.05) is 4.98 Å². The van der Waals surface area contributed by atoms with Gasteiger partial charge in [-0.2, -0.15) is 0 Å². The molecule has 16 N–H and O–H groups in total. The predicted octanol–water partition coefficient (Wildman–Crippen LogP) is -5.77. The van der Waals surface area contributed by atoms with Crippen LogP contribution in [0.2, 0.25) is 0 Å². The maximum atomic E-state index is 14.0. The molecular formula is C43H69N11O18. The molecule has 0 saturated carbocycles. The number of nitrogens with one attached hydrogen (secondary N) is 8. The predicted molar refractivity (Wildman–Crippen MR) is 250 cm³/mol. The van der Waals surface area contributed by atoms with Crippen LogP contribution in [0, 0.1) is 11.8 Å². The number of ether oxygens (including phenoxy) is 4. The molecule has 2 saturated heterocycles. The van der Waals surface area contributed by atoms with Gasteiger partial charge < -0.3 is 92.5 Å². The largest absolute Gasteiger partial charge is 0.480 e. The lowest BCUT2D eigenvalue weighted by molar-refractivity contribution is -0.231. The number of guanidine groups is 1. The number of allylic oxidation sites excluding steroid dienone is 2. The summed E-state index contributed by atoms with van der Waals surface area (Å²) in [5.41, 5.74) is 4.49. The normalized spacial score (nSPS) is 26.8. The summed E-state index contributed by atoms with van der Waals surface area (Å²) in [5, 5.41) is 83.4. The fourth-order valence-electron chi connectivity index (χ4n) is 8.18. The second-order valence-corrected chi connectivity index (χ2v) is 18.2. The van der Waals surface area contributed by atoms with Gasteiger partial charge in [-0.05, 0) is 51.1 Å². The summed E-state index contributed by atoms with van der Waals surface area (Å²) >= 11 is 0. The van der Waals surface area contributed by atoms with Crippen LogP contribution in [0.4, 0.5) is 4.79 Å². The number of H-pyrrole nitrogens is 1. The van der Waals surface area contributed by atoms with Gasteiger partial charge in [-0.25, -0.2) is 14.4 Å². The molecular weight excluding hydrogens is 959 g/mol. The number of aliphatic imine (C=N–C) groups is 1. The van der Waals surface area contributed by atoms with Crippen molar-refractivity contribution in [3.05, 3.63) is 44.9 Å². The van der Waals surface area contributed by atoms with E-state index in [9.17, 15) is 69.0 Å². The summed E-state index contributed by atoms with van der Waals surface area (Å²) in [6, 6.07) is -7.22. The second-order valence-electron chi connectivity index (χ2n) is 18.2. The molecule has 0 aromatic carbocycles. The number of hydrogen-bond acceptors (Lipinski definition) is 21. The smallest absolute Gasteiger partial charge is 0.330 e. The van der Waals surface area contributed by atoms with Crippen molar-refractivity contribution in [1.82, 2.24) is 46.8 Å². The minimum Gasteiger partial charge on any atom is -0.480 e. The molecule has 404 valence electrons. The SMILES string of the molecule is CO[C@H]1[C@H](OC([C@H](NCCCNC(=O)[C@@H](NC(=O)[C@@H](NC(=O)N[C@H](C(=O)O)C(C)C)[C@@H]2CCN=C(N)N2)[C@@H](O)C(C)C)C(=O)O)[C@H]2O[C@@H](n3ccc(=O)[nH]c3=O)[C@H](O)[C@@H]2O)O[C@H](CN/C(C)=C/C(C)=O)[C@H]1O. The molecule has 3 aliphatic rings. The van der Waals surface area contributed by atoms with Crippen LogP contribution in [0.5, 0.6) is 0 Å². The van der Waals surface area contributed by atoms with E-state index in [-0.39, 0.29) is 50.8 Å². The highest BCUT2D eigenvalue weighted by Crippen LogP contribution is 2.35. The first-order chi connectivity index (χ1) is 33.9. The van der Waals surface area contributed by atoms with Crippen LogP contribution in [-0.2, 0) is 42.9 Å². The Kier molecular flexibility index (Phi) is 21.6. The second kappa shape index (κ2) is 26.6. The van der Waals surface area contributed by atoms with Gasteiger partial charge in [0.15, 0.2) is 24.3 Å². The zero-order chi connectivity index (χ0) is 53.7. The Morgan fingerprint density at radius 2 is 1.58 bits per heavy atom. The molecule has 4 heterocycles. The third kappa shape index (κ3) is 15.5. The van der Waals surface area contributed by atoms with Crippen molar-refractivity contribution < 1.29 is 78.4 Å². The van der Waals surface area contributed by atoms with Gasteiger partial charge in [-0.15, -0.1) is 0 Å². The van der Waals surface area contributed by atoms with Crippen LogP contribution in [0.15, 0.2) is 38.6 Å². The first-order valence-corrected chi connectivity index (χ1v) is 23.2. The van der Waals surface area contributed by atoms with E-state index in [4.69, 9.17) is 24.7 Å². The highest BCUT2D eigenvalue weighted by molar-refractivity contribution is 5.94. The number of aliphatic hydroxyl groups is 4. The number of aromatic amines is 1. The van der Waals surface area contributed by atoms with E-state index in [1.54, 1.807) is 34.6 Å². The minimum absolute atomic E-state index is 0.0391.